The van der Waals surface area contributed by atoms with Crippen LogP contribution in [0.25, 0.3) is 0 Å². The van der Waals surface area contributed by atoms with Crippen molar-refractivity contribution in [1.82, 2.24) is 5.32 Å². The highest BCUT2D eigenvalue weighted by molar-refractivity contribution is 5.90. The molecule has 0 spiro atoms. The molecule has 1 aromatic carbocycles. The van der Waals surface area contributed by atoms with Crippen LogP contribution in [0.1, 0.15) is 40.8 Å². The monoisotopic (exact) mass is 317 g/mol. The fourth-order valence-electron chi connectivity index (χ4n) is 2.12. The predicted molar refractivity (Wildman–Crippen MR) is 79.2 cm³/mol. The number of ether oxygens (including phenoxy) is 1. The summed E-state index contributed by atoms with van der Waals surface area (Å²) >= 11 is 0. The Bertz CT molecular complexity index is 718. The molecule has 0 bridgehead atoms. The second-order valence-electron chi connectivity index (χ2n) is 5.53. The van der Waals surface area contributed by atoms with E-state index in [0.29, 0.717) is 11.3 Å². The summed E-state index contributed by atoms with van der Waals surface area (Å²) < 4.78 is 23.6. The maximum atomic E-state index is 13.1. The van der Waals surface area contributed by atoms with E-state index in [4.69, 9.17) is 9.15 Å². The van der Waals surface area contributed by atoms with Crippen molar-refractivity contribution < 1.29 is 23.1 Å². The smallest absolute Gasteiger partial charge is 0.375 e. The number of aryl methyl sites for hydroxylation is 1. The van der Waals surface area contributed by atoms with E-state index in [1.807, 2.05) is 0 Å². The molecule has 1 heterocycles. The van der Waals surface area contributed by atoms with Crippen molar-refractivity contribution in [3.8, 4) is 0 Å². The number of benzene rings is 1. The average Bonchev–Trinajstić information content (AvgIpc) is 3.23. The average molecular weight is 317 g/mol. The van der Waals surface area contributed by atoms with Crippen molar-refractivity contribution in [2.24, 2.45) is 0 Å². The number of halogens is 1. The third-order valence-electron chi connectivity index (χ3n) is 3.50. The molecule has 2 aromatic rings. The zero-order valence-corrected chi connectivity index (χ0v) is 12.5. The molecule has 1 aliphatic carbocycles. The van der Waals surface area contributed by atoms with Crippen molar-refractivity contribution in [3.63, 3.8) is 0 Å². The minimum atomic E-state index is -1.14. The van der Waals surface area contributed by atoms with Crippen LogP contribution in [0, 0.1) is 12.7 Å². The van der Waals surface area contributed by atoms with E-state index in [9.17, 15) is 14.0 Å². The van der Waals surface area contributed by atoms with Crippen molar-refractivity contribution in [2.45, 2.75) is 31.9 Å². The molecule has 1 fully saturated rings. The number of rotatable bonds is 5. The van der Waals surface area contributed by atoms with Crippen LogP contribution in [0.2, 0.25) is 0 Å². The first-order valence-electron chi connectivity index (χ1n) is 7.36. The van der Waals surface area contributed by atoms with Gasteiger partial charge in [0.15, 0.2) is 0 Å². The first-order valence-corrected chi connectivity index (χ1v) is 7.36. The number of carbonyl (C=O) groups excluding carboxylic acids is 2. The molecule has 1 saturated carbocycles. The SMILES string of the molecule is Cc1ccc(C(=O)OC(C(=O)NC2CC2)c2ccc(F)cc2)o1. The van der Waals surface area contributed by atoms with Crippen LogP contribution in [0.4, 0.5) is 4.39 Å². The predicted octanol–water partition coefficient (Wildman–Crippen LogP) is 2.90. The van der Waals surface area contributed by atoms with E-state index in [1.165, 1.54) is 30.3 Å². The molecule has 0 radical (unpaired) electrons. The number of hydrogen-bond donors (Lipinski definition) is 1. The summed E-state index contributed by atoms with van der Waals surface area (Å²) in [5, 5.41) is 2.79. The Morgan fingerprint density at radius 3 is 2.48 bits per heavy atom. The van der Waals surface area contributed by atoms with E-state index in [2.05, 4.69) is 5.32 Å². The van der Waals surface area contributed by atoms with Gasteiger partial charge in [-0.05, 0) is 44.0 Å². The lowest BCUT2D eigenvalue weighted by Crippen LogP contribution is -2.33. The molecular weight excluding hydrogens is 301 g/mol. The summed E-state index contributed by atoms with van der Waals surface area (Å²) in [4.78, 5) is 24.5. The lowest BCUT2D eigenvalue weighted by molar-refractivity contribution is -0.130. The van der Waals surface area contributed by atoms with E-state index >= 15 is 0 Å². The Morgan fingerprint density at radius 1 is 1.22 bits per heavy atom. The minimum absolute atomic E-state index is 0.0221. The van der Waals surface area contributed by atoms with Gasteiger partial charge in [-0.3, -0.25) is 4.79 Å². The van der Waals surface area contributed by atoms with Crippen molar-refractivity contribution in [1.29, 1.82) is 0 Å². The summed E-state index contributed by atoms with van der Waals surface area (Å²) in [7, 11) is 0. The van der Waals surface area contributed by atoms with Crippen LogP contribution in [0.5, 0.6) is 0 Å². The Labute approximate surface area is 132 Å². The maximum absolute atomic E-state index is 13.1. The summed E-state index contributed by atoms with van der Waals surface area (Å²) in [6.45, 7) is 1.70. The number of amides is 1. The largest absolute Gasteiger partial charge is 0.454 e. The van der Waals surface area contributed by atoms with Gasteiger partial charge in [-0.1, -0.05) is 12.1 Å². The molecule has 23 heavy (non-hydrogen) atoms. The van der Waals surface area contributed by atoms with E-state index < -0.39 is 23.8 Å². The first kappa shape index (κ1) is 15.3. The molecule has 1 N–H and O–H groups in total. The molecule has 5 nitrogen and oxygen atoms in total. The second-order valence-corrected chi connectivity index (χ2v) is 5.53. The van der Waals surface area contributed by atoms with E-state index in [0.717, 1.165) is 12.8 Å². The van der Waals surface area contributed by atoms with Crippen LogP contribution >= 0.6 is 0 Å². The number of carbonyl (C=O) groups is 2. The van der Waals surface area contributed by atoms with E-state index in [1.54, 1.807) is 13.0 Å². The highest BCUT2D eigenvalue weighted by Gasteiger charge is 2.31. The minimum Gasteiger partial charge on any atom is -0.454 e. The molecule has 120 valence electrons. The van der Waals surface area contributed by atoms with Gasteiger partial charge in [-0.15, -0.1) is 0 Å². The second kappa shape index (κ2) is 6.24. The highest BCUT2D eigenvalue weighted by atomic mass is 19.1. The van der Waals surface area contributed by atoms with E-state index in [-0.39, 0.29) is 11.8 Å². The fraction of sp³-hybridized carbons (Fsp3) is 0.294. The zero-order chi connectivity index (χ0) is 16.4. The van der Waals surface area contributed by atoms with Gasteiger partial charge in [0, 0.05) is 11.6 Å². The van der Waals surface area contributed by atoms with Gasteiger partial charge in [-0.25, -0.2) is 9.18 Å². The Balaban J connectivity index is 1.80. The lowest BCUT2D eigenvalue weighted by Gasteiger charge is -2.17. The van der Waals surface area contributed by atoms with Crippen LogP contribution < -0.4 is 5.32 Å². The molecule has 1 aromatic heterocycles. The van der Waals surface area contributed by atoms with Gasteiger partial charge >= 0.3 is 5.97 Å². The fourth-order valence-corrected chi connectivity index (χ4v) is 2.12. The Morgan fingerprint density at radius 2 is 1.91 bits per heavy atom. The first-order chi connectivity index (χ1) is 11.0. The lowest BCUT2D eigenvalue weighted by atomic mass is 10.1. The van der Waals surface area contributed by atoms with Crippen LogP contribution in [-0.4, -0.2) is 17.9 Å². The summed E-state index contributed by atoms with van der Waals surface area (Å²) in [5.41, 5.74) is 0.404. The third-order valence-corrected chi connectivity index (χ3v) is 3.50. The molecular formula is C17H16FNO4. The standard InChI is InChI=1S/C17H16FNO4/c1-10-2-9-14(22-10)17(21)23-15(16(20)19-13-7-8-13)11-3-5-12(18)6-4-11/h2-6,9,13,15H,7-8H2,1H3,(H,19,20). The number of nitrogens with one attached hydrogen (secondary N) is 1. The summed E-state index contributed by atoms with van der Waals surface area (Å²) in [6.07, 6.45) is 0.676. The van der Waals surface area contributed by atoms with Crippen molar-refractivity contribution in [3.05, 3.63) is 59.3 Å². The third kappa shape index (κ3) is 3.77. The molecule has 1 atom stereocenters. The van der Waals surface area contributed by atoms with Gasteiger partial charge in [0.05, 0.1) is 0 Å². The van der Waals surface area contributed by atoms with Gasteiger partial charge in [0.1, 0.15) is 11.6 Å². The van der Waals surface area contributed by atoms with Gasteiger partial charge in [-0.2, -0.15) is 0 Å². The van der Waals surface area contributed by atoms with Gasteiger partial charge in [0.25, 0.3) is 5.91 Å². The number of furan rings is 1. The quantitative estimate of drug-likeness (QED) is 0.861. The Kier molecular flexibility index (Phi) is 4.14. The molecule has 3 rings (SSSR count). The molecule has 1 aliphatic rings. The van der Waals surface area contributed by atoms with Gasteiger partial charge in [0.2, 0.25) is 11.9 Å². The molecule has 0 saturated heterocycles. The topological polar surface area (TPSA) is 68.5 Å². The number of hydrogen-bond acceptors (Lipinski definition) is 4. The molecule has 0 aliphatic heterocycles. The van der Waals surface area contributed by atoms with Gasteiger partial charge < -0.3 is 14.5 Å². The highest BCUT2D eigenvalue weighted by Crippen LogP contribution is 2.24. The normalized spacial score (nSPS) is 15.0. The molecule has 1 amide bonds. The molecule has 6 heteroatoms. The maximum Gasteiger partial charge on any atom is 0.375 e. The van der Waals surface area contributed by atoms with Crippen molar-refractivity contribution >= 4 is 11.9 Å². The zero-order valence-electron chi connectivity index (χ0n) is 12.5. The van der Waals surface area contributed by atoms with Crippen LogP contribution in [0.3, 0.4) is 0 Å². The Hall–Kier alpha value is -2.63. The molecule has 1 unspecified atom stereocenters. The van der Waals surface area contributed by atoms with Crippen molar-refractivity contribution in [2.75, 3.05) is 0 Å². The summed E-state index contributed by atoms with van der Waals surface area (Å²) in [6, 6.07) is 8.52. The number of esters is 1. The van der Waals surface area contributed by atoms with Crippen LogP contribution in [0.15, 0.2) is 40.8 Å². The summed E-state index contributed by atoms with van der Waals surface area (Å²) in [5.74, 6) is -0.997. The van der Waals surface area contributed by atoms with Crippen LogP contribution in [-0.2, 0) is 9.53 Å².